The molecule has 3 amide bonds. The lowest BCUT2D eigenvalue weighted by atomic mass is 10.0. The second kappa shape index (κ2) is 14.1. The van der Waals surface area contributed by atoms with Crippen molar-refractivity contribution < 1.29 is 18.0 Å². The van der Waals surface area contributed by atoms with Crippen molar-refractivity contribution in [1.29, 1.82) is 10.8 Å². The molecule has 0 radical (unpaired) electrons. The molecule has 13 heteroatoms. The molecule has 0 saturated carbocycles. The van der Waals surface area contributed by atoms with E-state index in [4.69, 9.17) is 22.3 Å². The average molecular weight is 647 g/mol. The first-order valence-electron chi connectivity index (χ1n) is 15.0. The van der Waals surface area contributed by atoms with Crippen LogP contribution in [0.2, 0.25) is 0 Å². The van der Waals surface area contributed by atoms with Gasteiger partial charge in [0.2, 0.25) is 15.9 Å². The molecule has 9 N–H and O–H groups in total. The topological polar surface area (TPSA) is 207 Å². The Hall–Kier alpha value is -4.75. The van der Waals surface area contributed by atoms with Gasteiger partial charge in [0, 0.05) is 35.8 Å². The van der Waals surface area contributed by atoms with E-state index in [1.54, 1.807) is 65.6 Å². The molecule has 0 unspecified atom stereocenters. The van der Waals surface area contributed by atoms with E-state index in [9.17, 15) is 18.0 Å². The molecule has 1 aliphatic rings. The largest absolute Gasteiger partial charge is 0.384 e. The lowest BCUT2D eigenvalue weighted by molar-refractivity contribution is -0.134. The summed E-state index contributed by atoms with van der Waals surface area (Å²) in [5, 5.41) is 21.2. The molecule has 4 rings (SSSR count). The fraction of sp³-hybridized carbons (Fsp3) is 0.333. The van der Waals surface area contributed by atoms with Gasteiger partial charge in [0.15, 0.2) is 0 Å². The minimum absolute atomic E-state index is 0.0105. The first-order chi connectivity index (χ1) is 21.6. The first-order valence-corrected chi connectivity index (χ1v) is 16.5. The summed E-state index contributed by atoms with van der Waals surface area (Å²) in [7, 11) is -4.17. The Balaban J connectivity index is 1.55. The second-order valence-corrected chi connectivity index (χ2v) is 14.2. The third-order valence-electron chi connectivity index (χ3n) is 7.58. The Morgan fingerprint density at radius 1 is 0.891 bits per heavy atom. The zero-order valence-electron chi connectivity index (χ0n) is 26.3. The quantitative estimate of drug-likeness (QED) is 0.130. The molecule has 0 spiro atoms. The average Bonchev–Trinajstić information content (AvgIpc) is 3.00. The minimum Gasteiger partial charge on any atom is -0.384 e. The Morgan fingerprint density at radius 2 is 1.52 bits per heavy atom. The van der Waals surface area contributed by atoms with Gasteiger partial charge in [-0.25, -0.2) is 13.2 Å². The van der Waals surface area contributed by atoms with Crippen LogP contribution in [0.15, 0.2) is 77.7 Å². The fourth-order valence-electron chi connectivity index (χ4n) is 5.25. The summed E-state index contributed by atoms with van der Waals surface area (Å²) in [6.45, 7) is 6.37. The monoisotopic (exact) mass is 646 g/mol. The number of likely N-dealkylation sites (tertiary alicyclic amines) is 1. The number of rotatable bonds is 10. The molecule has 1 atom stereocenters. The first kappa shape index (κ1) is 34.1. The number of carbonyl (C=O) groups excluding carboxylic acids is 2. The van der Waals surface area contributed by atoms with Gasteiger partial charge >= 0.3 is 6.03 Å². The number of benzene rings is 3. The smallest absolute Gasteiger partial charge is 0.315 e. The summed E-state index contributed by atoms with van der Waals surface area (Å²) in [6, 6.07) is 18.6. The van der Waals surface area contributed by atoms with Crippen LogP contribution in [-0.4, -0.2) is 67.6 Å². The third kappa shape index (κ3) is 9.14. The highest BCUT2D eigenvalue weighted by atomic mass is 32.2. The number of nitrogens with one attached hydrogen (secondary N) is 5. The molecular weight excluding hydrogens is 604 g/mol. The summed E-state index contributed by atoms with van der Waals surface area (Å²) in [5.74, 6) is -0.586. The van der Waals surface area contributed by atoms with Crippen LogP contribution in [-0.2, 0) is 21.2 Å². The number of amides is 3. The Labute approximate surface area is 270 Å². The van der Waals surface area contributed by atoms with Gasteiger partial charge in [0.05, 0.1) is 4.90 Å². The summed E-state index contributed by atoms with van der Waals surface area (Å²) >= 11 is 0. The summed E-state index contributed by atoms with van der Waals surface area (Å²) in [6.07, 6.45) is 1.08. The minimum atomic E-state index is -4.17. The van der Waals surface area contributed by atoms with Crippen LogP contribution in [0.4, 0.5) is 4.79 Å². The fourth-order valence-corrected chi connectivity index (χ4v) is 6.48. The van der Waals surface area contributed by atoms with Crippen LogP contribution >= 0.6 is 0 Å². The van der Waals surface area contributed by atoms with Crippen molar-refractivity contribution >= 4 is 33.6 Å². The number of carbonyl (C=O) groups is 2. The van der Waals surface area contributed by atoms with Crippen molar-refractivity contribution in [2.24, 2.45) is 11.5 Å². The number of urea groups is 1. The van der Waals surface area contributed by atoms with Crippen LogP contribution in [0.25, 0.3) is 11.1 Å². The van der Waals surface area contributed by atoms with Gasteiger partial charge in [0.25, 0.3) is 0 Å². The van der Waals surface area contributed by atoms with Crippen molar-refractivity contribution in [2.75, 3.05) is 13.1 Å². The molecule has 3 aromatic rings. The van der Waals surface area contributed by atoms with E-state index < -0.39 is 16.1 Å². The van der Waals surface area contributed by atoms with Gasteiger partial charge < -0.3 is 27.0 Å². The number of nitrogens with zero attached hydrogens (tertiary/aromatic N) is 1. The van der Waals surface area contributed by atoms with E-state index in [1.165, 1.54) is 12.1 Å². The highest BCUT2D eigenvalue weighted by Crippen LogP contribution is 2.24. The molecule has 1 fully saturated rings. The van der Waals surface area contributed by atoms with E-state index >= 15 is 0 Å². The second-order valence-electron chi connectivity index (χ2n) is 12.5. The molecule has 0 aliphatic carbocycles. The van der Waals surface area contributed by atoms with E-state index in [1.807, 2.05) is 20.8 Å². The van der Waals surface area contributed by atoms with Crippen molar-refractivity contribution in [1.82, 2.24) is 20.3 Å². The molecular formula is C33H42N8O4S. The predicted molar refractivity (Wildman–Crippen MR) is 179 cm³/mol. The van der Waals surface area contributed by atoms with Gasteiger partial charge in [-0.2, -0.15) is 4.72 Å². The molecule has 244 valence electrons. The molecule has 1 saturated heterocycles. The highest BCUT2D eigenvalue weighted by molar-refractivity contribution is 7.89. The Bertz CT molecular complexity index is 1710. The van der Waals surface area contributed by atoms with E-state index in [0.29, 0.717) is 48.2 Å². The van der Waals surface area contributed by atoms with Crippen LogP contribution in [0.5, 0.6) is 0 Å². The summed E-state index contributed by atoms with van der Waals surface area (Å²) < 4.78 is 30.2. The lowest BCUT2D eigenvalue weighted by Crippen LogP contribution is -2.55. The standard InChI is InChI=1S/C33H42N8O4S/c1-33(2,3)39-32(43)38-26-14-16-41(17-15-26)31(42)28(19-21-6-4-8-25(18-21)30(36)37)40-46(44,45)27-9-5-7-24(20-27)22-10-12-23(13-11-22)29(34)35/h4-13,18,20,26,28,40H,14-17,19H2,1-3H3,(H3,34,35)(H3,36,37)(H2,38,39,43)/t28-/m0/s1. The molecule has 1 aliphatic heterocycles. The molecule has 0 bridgehead atoms. The Kier molecular flexibility index (Phi) is 10.5. The van der Waals surface area contributed by atoms with Gasteiger partial charge in [-0.3, -0.25) is 15.6 Å². The van der Waals surface area contributed by atoms with Crippen molar-refractivity contribution in [3.8, 4) is 11.1 Å². The summed E-state index contributed by atoms with van der Waals surface area (Å²) in [5.41, 5.74) is 13.9. The maximum Gasteiger partial charge on any atom is 0.315 e. The number of nitrogens with two attached hydrogens (primary N) is 2. The SMILES string of the molecule is CC(C)(C)NC(=O)NC1CCN(C(=O)[C@H](Cc2cccc(C(=N)N)c2)NS(=O)(=O)c2cccc(-c3ccc(C(=N)N)cc3)c2)CC1. The van der Waals surface area contributed by atoms with Crippen molar-refractivity contribution in [3.63, 3.8) is 0 Å². The Morgan fingerprint density at radius 3 is 2.13 bits per heavy atom. The maximum absolute atomic E-state index is 13.9. The van der Waals surface area contributed by atoms with E-state index in [0.717, 1.165) is 5.56 Å². The molecule has 3 aromatic carbocycles. The number of hydrogen-bond donors (Lipinski definition) is 7. The zero-order valence-corrected chi connectivity index (χ0v) is 27.1. The number of hydrogen-bond acceptors (Lipinski definition) is 6. The zero-order chi connectivity index (χ0) is 33.6. The van der Waals surface area contributed by atoms with Crippen LogP contribution in [0.1, 0.15) is 50.3 Å². The molecule has 46 heavy (non-hydrogen) atoms. The van der Waals surface area contributed by atoms with Crippen molar-refractivity contribution in [3.05, 3.63) is 89.5 Å². The van der Waals surface area contributed by atoms with Gasteiger partial charge in [-0.1, -0.05) is 54.6 Å². The summed E-state index contributed by atoms with van der Waals surface area (Å²) in [4.78, 5) is 27.9. The van der Waals surface area contributed by atoms with Gasteiger partial charge in [0.1, 0.15) is 17.7 Å². The van der Waals surface area contributed by atoms with Crippen LogP contribution in [0.3, 0.4) is 0 Å². The van der Waals surface area contributed by atoms with E-state index in [-0.39, 0.29) is 46.5 Å². The predicted octanol–water partition coefficient (Wildman–Crippen LogP) is 2.90. The van der Waals surface area contributed by atoms with E-state index in [2.05, 4.69) is 15.4 Å². The molecule has 0 aromatic heterocycles. The number of piperidine rings is 1. The van der Waals surface area contributed by atoms with Gasteiger partial charge in [-0.15, -0.1) is 0 Å². The molecule has 1 heterocycles. The molecule has 12 nitrogen and oxygen atoms in total. The van der Waals surface area contributed by atoms with Gasteiger partial charge in [-0.05, 0) is 74.9 Å². The van der Waals surface area contributed by atoms with Crippen molar-refractivity contribution in [2.45, 2.75) is 62.6 Å². The number of amidine groups is 2. The third-order valence-corrected chi connectivity index (χ3v) is 9.05. The highest BCUT2D eigenvalue weighted by Gasteiger charge is 2.32. The lowest BCUT2D eigenvalue weighted by Gasteiger charge is -2.35. The van der Waals surface area contributed by atoms with Crippen LogP contribution in [0, 0.1) is 10.8 Å². The normalized spacial score (nSPS) is 14.7. The maximum atomic E-state index is 13.9. The van der Waals surface area contributed by atoms with Crippen LogP contribution < -0.4 is 26.8 Å². The number of nitrogen functional groups attached to an aromatic ring is 2. The number of sulfonamides is 1.